The summed E-state index contributed by atoms with van der Waals surface area (Å²) in [4.78, 5) is 32.5. The van der Waals surface area contributed by atoms with Crippen molar-refractivity contribution in [3.8, 4) is 0 Å². The van der Waals surface area contributed by atoms with Gasteiger partial charge in [0.2, 0.25) is 0 Å². The number of aromatic nitrogens is 2. The van der Waals surface area contributed by atoms with Crippen molar-refractivity contribution in [3.63, 3.8) is 0 Å². The molecule has 2 aromatic heterocycles. The summed E-state index contributed by atoms with van der Waals surface area (Å²) in [5.41, 5.74) is 3.58. The summed E-state index contributed by atoms with van der Waals surface area (Å²) in [5.74, 6) is -0.786. The van der Waals surface area contributed by atoms with Crippen molar-refractivity contribution in [1.29, 1.82) is 0 Å². The van der Waals surface area contributed by atoms with E-state index in [2.05, 4.69) is 4.99 Å². The van der Waals surface area contributed by atoms with Crippen molar-refractivity contribution < 1.29 is 13.9 Å². The SMILES string of the molecule is CC1=C(C(=O)OC(C)C)[C@H](c2ccc(Cl)cc2)n2c(s/c(=C\c3cn(Cc4ccccc4F)c4ccccc34)c2=O)=N1. The number of fused-ring (bicyclic) bond motifs is 2. The van der Waals surface area contributed by atoms with E-state index in [-0.39, 0.29) is 17.5 Å². The summed E-state index contributed by atoms with van der Waals surface area (Å²) in [5, 5.41) is 1.48. The summed E-state index contributed by atoms with van der Waals surface area (Å²) in [7, 11) is 0. The van der Waals surface area contributed by atoms with E-state index in [4.69, 9.17) is 16.3 Å². The number of rotatable bonds is 6. The molecule has 0 saturated heterocycles. The number of hydrogen-bond acceptors (Lipinski definition) is 5. The molecule has 9 heteroatoms. The van der Waals surface area contributed by atoms with Crippen LogP contribution in [0.1, 0.15) is 43.5 Å². The largest absolute Gasteiger partial charge is 0.459 e. The second-order valence-corrected chi connectivity index (χ2v) is 11.9. The van der Waals surface area contributed by atoms with Gasteiger partial charge in [0, 0.05) is 33.2 Å². The van der Waals surface area contributed by atoms with Crippen LogP contribution in [0.4, 0.5) is 4.39 Å². The maximum absolute atomic E-state index is 14.5. The minimum absolute atomic E-state index is 0.269. The second kappa shape index (κ2) is 11.2. The lowest BCUT2D eigenvalue weighted by molar-refractivity contribution is -0.143. The van der Waals surface area contributed by atoms with E-state index in [0.29, 0.717) is 37.7 Å². The highest BCUT2D eigenvalue weighted by atomic mass is 35.5. The highest BCUT2D eigenvalue weighted by molar-refractivity contribution is 7.07. The average molecular weight is 600 g/mol. The molecule has 1 aliphatic rings. The number of thiazole rings is 1. The average Bonchev–Trinajstić information content (AvgIpc) is 3.45. The standard InChI is InChI=1S/C33H27ClFN3O3S/c1-19(2)41-32(40)29-20(3)36-33-38(30(29)21-12-14-24(34)15-13-21)31(39)28(42-33)16-23-18-37(27-11-7-5-9-25(23)27)17-22-8-4-6-10-26(22)35/h4-16,18-19,30H,17H2,1-3H3/b28-16-/t30-/m0/s1. The monoisotopic (exact) mass is 599 g/mol. The zero-order valence-electron chi connectivity index (χ0n) is 23.2. The molecular weight excluding hydrogens is 573 g/mol. The molecule has 0 radical (unpaired) electrons. The van der Waals surface area contributed by atoms with E-state index in [1.54, 1.807) is 49.6 Å². The maximum Gasteiger partial charge on any atom is 0.338 e. The Morgan fingerprint density at radius 3 is 2.55 bits per heavy atom. The number of halogens is 2. The van der Waals surface area contributed by atoms with Gasteiger partial charge in [0.05, 0.1) is 34.5 Å². The minimum Gasteiger partial charge on any atom is -0.459 e. The summed E-state index contributed by atoms with van der Waals surface area (Å²) in [6, 6.07) is 20.9. The van der Waals surface area contributed by atoms with Crippen LogP contribution in [0.25, 0.3) is 17.0 Å². The van der Waals surface area contributed by atoms with Crippen LogP contribution in [-0.4, -0.2) is 21.2 Å². The van der Waals surface area contributed by atoms with Crippen LogP contribution in [0.15, 0.2) is 100 Å². The molecule has 1 atom stereocenters. The minimum atomic E-state index is -0.727. The third-order valence-electron chi connectivity index (χ3n) is 7.17. The summed E-state index contributed by atoms with van der Waals surface area (Å²) < 4.78 is 24.1. The lowest BCUT2D eigenvalue weighted by atomic mass is 9.96. The Labute approximate surface area is 250 Å². The van der Waals surface area contributed by atoms with Crippen LogP contribution < -0.4 is 14.9 Å². The Morgan fingerprint density at radius 2 is 1.81 bits per heavy atom. The van der Waals surface area contributed by atoms with Crippen LogP contribution in [0.2, 0.25) is 5.02 Å². The van der Waals surface area contributed by atoms with Gasteiger partial charge in [-0.3, -0.25) is 9.36 Å². The lowest BCUT2D eigenvalue weighted by Crippen LogP contribution is -2.40. The van der Waals surface area contributed by atoms with Crippen molar-refractivity contribution in [2.45, 2.75) is 39.5 Å². The van der Waals surface area contributed by atoms with E-state index in [9.17, 15) is 14.0 Å². The van der Waals surface area contributed by atoms with Gasteiger partial charge in [-0.25, -0.2) is 14.2 Å². The van der Waals surface area contributed by atoms with Gasteiger partial charge in [0.25, 0.3) is 5.56 Å². The smallest absolute Gasteiger partial charge is 0.338 e. The van der Waals surface area contributed by atoms with Crippen molar-refractivity contribution in [2.75, 3.05) is 0 Å². The van der Waals surface area contributed by atoms with Gasteiger partial charge >= 0.3 is 5.97 Å². The molecule has 3 aromatic carbocycles. The highest BCUT2D eigenvalue weighted by Gasteiger charge is 2.33. The number of benzene rings is 3. The third kappa shape index (κ3) is 5.12. The molecule has 5 aromatic rings. The highest BCUT2D eigenvalue weighted by Crippen LogP contribution is 2.32. The number of para-hydroxylation sites is 1. The molecule has 0 saturated carbocycles. The van der Waals surface area contributed by atoms with E-state index in [0.717, 1.165) is 22.0 Å². The zero-order valence-corrected chi connectivity index (χ0v) is 24.7. The van der Waals surface area contributed by atoms with Gasteiger partial charge in [-0.1, -0.05) is 71.5 Å². The molecule has 0 amide bonds. The Morgan fingerprint density at radius 1 is 1.10 bits per heavy atom. The van der Waals surface area contributed by atoms with Gasteiger partial charge in [-0.15, -0.1) is 0 Å². The quantitative estimate of drug-likeness (QED) is 0.226. The molecule has 6 nitrogen and oxygen atoms in total. The fraction of sp³-hybridized carbons (Fsp3) is 0.182. The van der Waals surface area contributed by atoms with Crippen LogP contribution in [0.3, 0.4) is 0 Å². The molecule has 0 spiro atoms. The molecule has 212 valence electrons. The summed E-state index contributed by atoms with van der Waals surface area (Å²) in [6.07, 6.45) is 3.44. The molecule has 0 unspecified atom stereocenters. The number of carbonyl (C=O) groups is 1. The van der Waals surface area contributed by atoms with Crippen LogP contribution in [0, 0.1) is 5.82 Å². The fourth-order valence-corrected chi connectivity index (χ4v) is 6.46. The first-order chi connectivity index (χ1) is 20.2. The Bertz CT molecular complexity index is 2050. The lowest BCUT2D eigenvalue weighted by Gasteiger charge is -2.25. The van der Waals surface area contributed by atoms with Gasteiger partial charge < -0.3 is 9.30 Å². The molecule has 0 aliphatic carbocycles. The van der Waals surface area contributed by atoms with Gasteiger partial charge in [0.1, 0.15) is 5.82 Å². The Balaban J connectivity index is 1.51. The molecule has 6 rings (SSSR count). The maximum atomic E-state index is 14.5. The number of esters is 1. The van der Waals surface area contributed by atoms with Crippen molar-refractivity contribution >= 4 is 45.9 Å². The predicted octanol–water partition coefficient (Wildman–Crippen LogP) is 5.98. The van der Waals surface area contributed by atoms with Crippen molar-refractivity contribution in [1.82, 2.24) is 9.13 Å². The molecule has 1 aliphatic heterocycles. The first-order valence-corrected chi connectivity index (χ1v) is 14.7. The van der Waals surface area contributed by atoms with E-state index in [1.807, 2.05) is 59.3 Å². The van der Waals surface area contributed by atoms with Gasteiger partial charge in [0.15, 0.2) is 4.80 Å². The third-order valence-corrected chi connectivity index (χ3v) is 8.41. The summed E-state index contributed by atoms with van der Waals surface area (Å²) in [6.45, 7) is 5.67. The normalized spacial score (nSPS) is 15.3. The van der Waals surface area contributed by atoms with E-state index >= 15 is 0 Å². The summed E-state index contributed by atoms with van der Waals surface area (Å²) >= 11 is 7.43. The molecule has 0 bridgehead atoms. The van der Waals surface area contributed by atoms with Crippen molar-refractivity contribution in [2.24, 2.45) is 4.99 Å². The van der Waals surface area contributed by atoms with Crippen LogP contribution >= 0.6 is 22.9 Å². The zero-order chi connectivity index (χ0) is 29.5. The second-order valence-electron chi connectivity index (χ2n) is 10.4. The van der Waals surface area contributed by atoms with E-state index < -0.39 is 12.0 Å². The van der Waals surface area contributed by atoms with E-state index in [1.165, 1.54) is 17.4 Å². The number of hydrogen-bond donors (Lipinski definition) is 0. The number of carbonyl (C=O) groups excluding carboxylic acids is 1. The van der Waals surface area contributed by atoms with Crippen LogP contribution in [0.5, 0.6) is 0 Å². The molecule has 3 heterocycles. The number of nitrogens with zero attached hydrogens (tertiary/aromatic N) is 3. The Hall–Kier alpha value is -4.27. The van der Waals surface area contributed by atoms with Crippen molar-refractivity contribution in [3.05, 3.63) is 137 Å². The first-order valence-electron chi connectivity index (χ1n) is 13.5. The Kier molecular flexibility index (Phi) is 7.43. The van der Waals surface area contributed by atoms with Gasteiger partial charge in [-0.05, 0) is 56.7 Å². The fourth-order valence-electron chi connectivity index (χ4n) is 5.29. The molecule has 0 N–H and O–H groups in total. The number of allylic oxidation sites excluding steroid dienone is 1. The van der Waals surface area contributed by atoms with Gasteiger partial charge in [-0.2, -0.15) is 0 Å². The molecular formula is C33H27ClFN3O3S. The topological polar surface area (TPSA) is 65.6 Å². The van der Waals surface area contributed by atoms with Crippen LogP contribution in [-0.2, 0) is 16.1 Å². The first kappa shape index (κ1) is 27.9. The molecule has 0 fully saturated rings. The number of ether oxygens (including phenoxy) is 1. The molecule has 42 heavy (non-hydrogen) atoms. The predicted molar refractivity (Wildman–Crippen MR) is 164 cm³/mol.